The van der Waals surface area contributed by atoms with Gasteiger partial charge in [-0.25, -0.2) is 0 Å². The van der Waals surface area contributed by atoms with E-state index >= 15 is 0 Å². The van der Waals surface area contributed by atoms with Crippen molar-refractivity contribution in [3.05, 3.63) is 66.2 Å². The van der Waals surface area contributed by atoms with Gasteiger partial charge in [0, 0.05) is 0 Å². The molecule has 0 saturated heterocycles. The summed E-state index contributed by atoms with van der Waals surface area (Å²) < 4.78 is 0. The fourth-order valence-electron chi connectivity index (χ4n) is 1.45. The second-order valence-electron chi connectivity index (χ2n) is 3.38. The van der Waals surface area contributed by atoms with E-state index in [1.165, 1.54) is 5.06 Å². The molecule has 0 amide bonds. The third-order valence-electron chi connectivity index (χ3n) is 2.23. The van der Waals surface area contributed by atoms with Crippen LogP contribution in [-0.4, -0.2) is 5.21 Å². The number of hydrogen-bond acceptors (Lipinski definition) is 2. The molecule has 2 aromatic rings. The van der Waals surface area contributed by atoms with Gasteiger partial charge in [0.05, 0.1) is 12.2 Å². The van der Waals surface area contributed by atoms with Crippen molar-refractivity contribution in [3.8, 4) is 0 Å². The molecular weight excluding hydrogens is 186 g/mol. The van der Waals surface area contributed by atoms with Gasteiger partial charge in [0.1, 0.15) is 0 Å². The lowest BCUT2D eigenvalue weighted by molar-refractivity contribution is 0.250. The molecule has 0 atom stereocenters. The van der Waals surface area contributed by atoms with Crippen LogP contribution in [0.25, 0.3) is 0 Å². The molecule has 2 heteroatoms. The molecule has 0 heterocycles. The third kappa shape index (κ3) is 2.58. The van der Waals surface area contributed by atoms with E-state index in [0.717, 1.165) is 11.3 Å². The van der Waals surface area contributed by atoms with Gasteiger partial charge in [0.2, 0.25) is 0 Å². The van der Waals surface area contributed by atoms with Gasteiger partial charge in [-0.3, -0.25) is 10.3 Å². The van der Waals surface area contributed by atoms with Crippen LogP contribution >= 0.6 is 0 Å². The molecule has 76 valence electrons. The lowest BCUT2D eigenvalue weighted by Gasteiger charge is -2.16. The van der Waals surface area contributed by atoms with Gasteiger partial charge in [-0.05, 0) is 17.7 Å². The zero-order valence-electron chi connectivity index (χ0n) is 8.38. The maximum atomic E-state index is 9.81. The molecule has 0 aliphatic heterocycles. The van der Waals surface area contributed by atoms with Crippen LogP contribution in [0.5, 0.6) is 0 Å². The van der Waals surface area contributed by atoms with Crippen molar-refractivity contribution in [2.45, 2.75) is 6.54 Å². The van der Waals surface area contributed by atoms with Crippen LogP contribution in [-0.2, 0) is 6.54 Å². The summed E-state index contributed by atoms with van der Waals surface area (Å²) in [7, 11) is 0. The summed E-state index contributed by atoms with van der Waals surface area (Å²) in [5.41, 5.74) is 1.89. The highest BCUT2D eigenvalue weighted by atomic mass is 16.5. The van der Waals surface area contributed by atoms with Gasteiger partial charge in [-0.15, -0.1) is 0 Å². The van der Waals surface area contributed by atoms with E-state index in [1.54, 1.807) is 0 Å². The number of anilines is 1. The van der Waals surface area contributed by atoms with Gasteiger partial charge >= 0.3 is 0 Å². The summed E-state index contributed by atoms with van der Waals surface area (Å²) in [6.07, 6.45) is 0. The summed E-state index contributed by atoms with van der Waals surface area (Å²) in [6.45, 7) is 0.505. The largest absolute Gasteiger partial charge is 0.288 e. The van der Waals surface area contributed by atoms with Crippen molar-refractivity contribution in [3.63, 3.8) is 0 Å². The van der Waals surface area contributed by atoms with E-state index in [-0.39, 0.29) is 0 Å². The number of nitrogens with zero attached hydrogens (tertiary/aromatic N) is 1. The molecule has 0 aromatic heterocycles. The Morgan fingerprint density at radius 3 is 1.93 bits per heavy atom. The van der Waals surface area contributed by atoms with Gasteiger partial charge in [0.15, 0.2) is 0 Å². The van der Waals surface area contributed by atoms with E-state index in [4.69, 9.17) is 0 Å². The average Bonchev–Trinajstić information content (AvgIpc) is 2.31. The topological polar surface area (TPSA) is 23.5 Å². The standard InChI is InChI=1S/C13H13NO/c15-14(13-9-5-2-6-10-13)11-12-7-3-1-4-8-12/h1-10,15H,11H2. The first-order valence-corrected chi connectivity index (χ1v) is 4.91. The van der Waals surface area contributed by atoms with Crippen molar-refractivity contribution in [2.24, 2.45) is 0 Å². The molecule has 2 nitrogen and oxygen atoms in total. The van der Waals surface area contributed by atoms with Crippen LogP contribution in [0, 0.1) is 0 Å². The Kier molecular flexibility index (Phi) is 3.00. The van der Waals surface area contributed by atoms with Crippen molar-refractivity contribution >= 4 is 5.69 Å². The number of hydroxylamine groups is 1. The highest BCUT2D eigenvalue weighted by Gasteiger charge is 2.01. The predicted octanol–water partition coefficient (Wildman–Crippen LogP) is 3.08. The number of benzene rings is 2. The minimum Gasteiger partial charge on any atom is -0.288 e. The minimum absolute atomic E-state index is 0.505. The molecular formula is C13H13NO. The van der Waals surface area contributed by atoms with Crippen LogP contribution < -0.4 is 5.06 Å². The predicted molar refractivity (Wildman–Crippen MR) is 60.9 cm³/mol. The first-order chi connectivity index (χ1) is 7.36. The maximum absolute atomic E-state index is 9.81. The molecule has 1 N–H and O–H groups in total. The van der Waals surface area contributed by atoms with Crippen LogP contribution in [0.1, 0.15) is 5.56 Å². The Morgan fingerprint density at radius 2 is 1.33 bits per heavy atom. The summed E-state index contributed by atoms with van der Waals surface area (Å²) >= 11 is 0. The van der Waals surface area contributed by atoms with Crippen LogP contribution in [0.15, 0.2) is 60.7 Å². The fraction of sp³-hybridized carbons (Fsp3) is 0.0769. The normalized spacial score (nSPS) is 9.93. The Hall–Kier alpha value is -1.80. The Balaban J connectivity index is 2.08. The smallest absolute Gasteiger partial charge is 0.0703 e. The number of para-hydroxylation sites is 1. The van der Waals surface area contributed by atoms with Gasteiger partial charge in [0.25, 0.3) is 0 Å². The summed E-state index contributed by atoms with van der Waals surface area (Å²) in [4.78, 5) is 0. The lowest BCUT2D eigenvalue weighted by Crippen LogP contribution is -2.16. The molecule has 0 saturated carbocycles. The molecule has 0 spiro atoms. The molecule has 0 fully saturated rings. The number of rotatable bonds is 3. The van der Waals surface area contributed by atoms with Crippen molar-refractivity contribution in [1.82, 2.24) is 0 Å². The van der Waals surface area contributed by atoms with E-state index in [9.17, 15) is 5.21 Å². The monoisotopic (exact) mass is 199 g/mol. The van der Waals surface area contributed by atoms with Crippen LogP contribution in [0.4, 0.5) is 5.69 Å². The first kappa shape index (κ1) is 9.74. The number of hydrogen-bond donors (Lipinski definition) is 1. The van der Waals surface area contributed by atoms with Crippen molar-refractivity contribution in [1.29, 1.82) is 0 Å². The third-order valence-corrected chi connectivity index (χ3v) is 2.23. The van der Waals surface area contributed by atoms with Gasteiger partial charge < -0.3 is 0 Å². The van der Waals surface area contributed by atoms with E-state index < -0.39 is 0 Å². The minimum atomic E-state index is 0.505. The molecule has 2 rings (SSSR count). The SMILES string of the molecule is ON(Cc1ccccc1)c1ccccc1. The summed E-state index contributed by atoms with van der Waals surface area (Å²) in [5.74, 6) is 0. The van der Waals surface area contributed by atoms with E-state index in [1.807, 2.05) is 60.7 Å². The quantitative estimate of drug-likeness (QED) is 0.768. The lowest BCUT2D eigenvalue weighted by atomic mass is 10.2. The molecule has 0 radical (unpaired) electrons. The highest BCUT2D eigenvalue weighted by molar-refractivity contribution is 5.43. The van der Waals surface area contributed by atoms with Crippen LogP contribution in [0.2, 0.25) is 0 Å². The van der Waals surface area contributed by atoms with Gasteiger partial charge in [-0.2, -0.15) is 0 Å². The molecule has 0 unspecified atom stereocenters. The molecule has 0 bridgehead atoms. The second kappa shape index (κ2) is 4.62. The first-order valence-electron chi connectivity index (χ1n) is 4.91. The molecule has 2 aromatic carbocycles. The fourth-order valence-corrected chi connectivity index (χ4v) is 1.45. The zero-order chi connectivity index (χ0) is 10.5. The zero-order valence-corrected chi connectivity index (χ0v) is 8.38. The Bertz CT molecular complexity index is 399. The average molecular weight is 199 g/mol. The second-order valence-corrected chi connectivity index (χ2v) is 3.38. The van der Waals surface area contributed by atoms with E-state index in [0.29, 0.717) is 6.54 Å². The summed E-state index contributed by atoms with van der Waals surface area (Å²) in [6, 6.07) is 19.4. The van der Waals surface area contributed by atoms with Gasteiger partial charge in [-0.1, -0.05) is 48.5 Å². The maximum Gasteiger partial charge on any atom is 0.0703 e. The molecule has 15 heavy (non-hydrogen) atoms. The molecule has 0 aliphatic rings. The Labute approximate surface area is 89.4 Å². The summed E-state index contributed by atoms with van der Waals surface area (Å²) in [5, 5.41) is 11.1. The van der Waals surface area contributed by atoms with Crippen LogP contribution in [0.3, 0.4) is 0 Å². The molecule has 0 aliphatic carbocycles. The Morgan fingerprint density at radius 1 is 0.800 bits per heavy atom. The van der Waals surface area contributed by atoms with Crippen molar-refractivity contribution < 1.29 is 5.21 Å². The highest BCUT2D eigenvalue weighted by Crippen LogP contribution is 2.13. The van der Waals surface area contributed by atoms with E-state index in [2.05, 4.69) is 0 Å². The van der Waals surface area contributed by atoms with Crippen molar-refractivity contribution in [2.75, 3.05) is 5.06 Å².